The number of nitrogens with one attached hydrogen (secondary N) is 1. The second-order valence-electron chi connectivity index (χ2n) is 7.98. The molecule has 1 atom stereocenters. The van der Waals surface area contributed by atoms with Crippen LogP contribution in [0.5, 0.6) is 0 Å². The molecule has 2 aromatic rings. The molecule has 1 aliphatic rings. The fourth-order valence-corrected chi connectivity index (χ4v) is 5.20. The molecule has 1 fully saturated rings. The van der Waals surface area contributed by atoms with Crippen molar-refractivity contribution in [1.82, 2.24) is 10.2 Å². The minimum Gasteiger partial charge on any atom is -0.350 e. The van der Waals surface area contributed by atoms with E-state index in [0.29, 0.717) is 6.54 Å². The molecule has 0 aromatic heterocycles. The van der Waals surface area contributed by atoms with Crippen LogP contribution in [0.1, 0.15) is 37.3 Å². The number of nitrogens with zero attached hydrogens (tertiary/aromatic N) is 2. The van der Waals surface area contributed by atoms with Gasteiger partial charge in [0.2, 0.25) is 15.9 Å². The van der Waals surface area contributed by atoms with Gasteiger partial charge in [0.15, 0.2) is 0 Å². The molecular formula is C23H30FN3O3S. The third kappa shape index (κ3) is 6.27. The zero-order valence-corrected chi connectivity index (χ0v) is 18.9. The maximum absolute atomic E-state index is 13.3. The van der Waals surface area contributed by atoms with Gasteiger partial charge in [-0.05, 0) is 67.7 Å². The topological polar surface area (TPSA) is 69.7 Å². The van der Waals surface area contributed by atoms with Gasteiger partial charge in [0.25, 0.3) is 0 Å². The number of anilines is 1. The number of likely N-dealkylation sites (tertiary alicyclic amines) is 1. The highest BCUT2D eigenvalue weighted by Crippen LogP contribution is 2.23. The molecule has 0 spiro atoms. The summed E-state index contributed by atoms with van der Waals surface area (Å²) < 4.78 is 39.3. The van der Waals surface area contributed by atoms with Crippen LogP contribution < -0.4 is 9.62 Å². The molecule has 0 bridgehead atoms. The molecular weight excluding hydrogens is 417 g/mol. The van der Waals surface area contributed by atoms with Gasteiger partial charge in [-0.1, -0.05) is 31.2 Å². The van der Waals surface area contributed by atoms with Crippen molar-refractivity contribution >= 4 is 21.6 Å². The lowest BCUT2D eigenvalue weighted by Crippen LogP contribution is -2.49. The van der Waals surface area contributed by atoms with Crippen LogP contribution in [0.3, 0.4) is 0 Å². The molecule has 168 valence electrons. The highest BCUT2D eigenvalue weighted by Gasteiger charge is 2.31. The Bertz CT molecular complexity index is 989. The molecule has 1 aliphatic heterocycles. The van der Waals surface area contributed by atoms with E-state index < -0.39 is 21.9 Å². The Hall–Kier alpha value is -2.45. The number of amides is 1. The molecule has 0 unspecified atom stereocenters. The average Bonchev–Trinajstić information content (AvgIpc) is 3.23. The van der Waals surface area contributed by atoms with Crippen molar-refractivity contribution in [1.29, 1.82) is 0 Å². The molecule has 3 rings (SSSR count). The van der Waals surface area contributed by atoms with E-state index in [-0.39, 0.29) is 18.0 Å². The minimum absolute atomic E-state index is 0.263. The normalized spacial score (nSPS) is 15.6. The Morgan fingerprint density at radius 2 is 1.77 bits per heavy atom. The number of halogens is 1. The molecule has 31 heavy (non-hydrogen) atoms. The average molecular weight is 448 g/mol. The molecule has 1 amide bonds. The Labute approximate surface area is 184 Å². The summed E-state index contributed by atoms with van der Waals surface area (Å²) in [7, 11) is -3.75. The first-order valence-corrected chi connectivity index (χ1v) is 12.5. The lowest BCUT2D eigenvalue weighted by Gasteiger charge is -2.30. The molecule has 0 aliphatic carbocycles. The predicted octanol–water partition coefficient (Wildman–Crippen LogP) is 3.28. The maximum Gasteiger partial charge on any atom is 0.244 e. The van der Waals surface area contributed by atoms with Crippen molar-refractivity contribution in [3.8, 4) is 0 Å². The standard InChI is InChI=1S/C23H30FN3O3S/c1-3-22(27(31(2,29)30)21-11-9-20(24)10-12-21)23(28)25-16-18-7-6-8-19(15-18)17-26-13-4-5-14-26/h6-12,15,22H,3-5,13-14,16-17H2,1-2H3,(H,25,28)/t22-/m0/s1. The number of sulfonamides is 1. The van der Waals surface area contributed by atoms with Gasteiger partial charge in [-0.15, -0.1) is 0 Å². The van der Waals surface area contributed by atoms with Gasteiger partial charge >= 0.3 is 0 Å². The molecule has 2 aromatic carbocycles. The predicted molar refractivity (Wildman–Crippen MR) is 121 cm³/mol. The van der Waals surface area contributed by atoms with Crippen LogP contribution in [0.2, 0.25) is 0 Å². The summed E-state index contributed by atoms with van der Waals surface area (Å²) >= 11 is 0. The van der Waals surface area contributed by atoms with Crippen LogP contribution in [0.4, 0.5) is 10.1 Å². The SMILES string of the molecule is CC[C@@H](C(=O)NCc1cccc(CN2CCCC2)c1)N(c1ccc(F)cc1)S(C)(=O)=O. The molecule has 1 N–H and O–H groups in total. The first-order chi connectivity index (χ1) is 14.8. The largest absolute Gasteiger partial charge is 0.350 e. The van der Waals surface area contributed by atoms with E-state index in [1.54, 1.807) is 6.92 Å². The van der Waals surface area contributed by atoms with E-state index in [0.717, 1.165) is 35.8 Å². The van der Waals surface area contributed by atoms with Crippen LogP contribution in [0.25, 0.3) is 0 Å². The maximum atomic E-state index is 13.3. The number of rotatable bonds is 9. The zero-order chi connectivity index (χ0) is 22.4. The Kier molecular flexibility index (Phi) is 7.67. The number of carbonyl (C=O) groups is 1. The highest BCUT2D eigenvalue weighted by molar-refractivity contribution is 7.92. The molecule has 1 saturated heterocycles. The van der Waals surface area contributed by atoms with Crippen molar-refractivity contribution in [2.24, 2.45) is 0 Å². The fraction of sp³-hybridized carbons (Fsp3) is 0.435. The second-order valence-corrected chi connectivity index (χ2v) is 9.84. The van der Waals surface area contributed by atoms with Gasteiger partial charge in [-0.25, -0.2) is 12.8 Å². The summed E-state index contributed by atoms with van der Waals surface area (Å²) in [4.78, 5) is 15.4. The van der Waals surface area contributed by atoms with E-state index in [9.17, 15) is 17.6 Å². The molecule has 0 saturated carbocycles. The summed E-state index contributed by atoms with van der Waals surface area (Å²) in [6, 6.07) is 12.3. The smallest absolute Gasteiger partial charge is 0.244 e. The second kappa shape index (κ2) is 10.2. The third-order valence-corrected chi connectivity index (χ3v) is 6.65. The van der Waals surface area contributed by atoms with E-state index in [2.05, 4.69) is 22.3 Å². The summed E-state index contributed by atoms with van der Waals surface area (Å²) in [5.41, 5.74) is 2.43. The Balaban J connectivity index is 1.70. The van der Waals surface area contributed by atoms with E-state index in [1.807, 2.05) is 12.1 Å². The van der Waals surface area contributed by atoms with Gasteiger partial charge in [-0.3, -0.25) is 14.0 Å². The van der Waals surface area contributed by atoms with Gasteiger partial charge in [-0.2, -0.15) is 0 Å². The van der Waals surface area contributed by atoms with Crippen LogP contribution in [-0.4, -0.2) is 44.6 Å². The number of carbonyl (C=O) groups excluding carboxylic acids is 1. The van der Waals surface area contributed by atoms with Crippen molar-refractivity contribution < 1.29 is 17.6 Å². The van der Waals surface area contributed by atoms with Crippen molar-refractivity contribution in [2.75, 3.05) is 23.7 Å². The van der Waals surface area contributed by atoms with E-state index in [1.165, 1.54) is 42.7 Å². The first kappa shape index (κ1) is 23.2. The third-order valence-electron chi connectivity index (χ3n) is 5.47. The lowest BCUT2D eigenvalue weighted by molar-refractivity contribution is -0.122. The lowest BCUT2D eigenvalue weighted by atomic mass is 10.1. The van der Waals surface area contributed by atoms with Crippen LogP contribution in [-0.2, 0) is 27.9 Å². The first-order valence-electron chi connectivity index (χ1n) is 10.6. The Morgan fingerprint density at radius 3 is 2.39 bits per heavy atom. The van der Waals surface area contributed by atoms with Gasteiger partial charge in [0.1, 0.15) is 11.9 Å². The summed E-state index contributed by atoms with van der Waals surface area (Å²) in [6.45, 7) is 5.19. The van der Waals surface area contributed by atoms with Gasteiger partial charge < -0.3 is 5.32 Å². The molecule has 8 heteroatoms. The highest BCUT2D eigenvalue weighted by atomic mass is 32.2. The van der Waals surface area contributed by atoms with Crippen LogP contribution in [0.15, 0.2) is 48.5 Å². The summed E-state index contributed by atoms with van der Waals surface area (Å²) in [5.74, 6) is -0.856. The molecule has 6 nitrogen and oxygen atoms in total. The van der Waals surface area contributed by atoms with E-state index in [4.69, 9.17) is 0 Å². The molecule has 1 heterocycles. The zero-order valence-electron chi connectivity index (χ0n) is 18.1. The quantitative estimate of drug-likeness (QED) is 0.641. The summed E-state index contributed by atoms with van der Waals surface area (Å²) in [5, 5.41) is 2.87. The molecule has 0 radical (unpaired) electrons. The Morgan fingerprint density at radius 1 is 1.13 bits per heavy atom. The van der Waals surface area contributed by atoms with Crippen molar-refractivity contribution in [2.45, 2.75) is 45.3 Å². The van der Waals surface area contributed by atoms with Crippen LogP contribution in [0, 0.1) is 5.82 Å². The van der Waals surface area contributed by atoms with Crippen molar-refractivity contribution in [3.05, 3.63) is 65.5 Å². The number of hydrogen-bond donors (Lipinski definition) is 1. The number of hydrogen-bond acceptors (Lipinski definition) is 4. The fourth-order valence-electron chi connectivity index (χ4n) is 3.99. The van der Waals surface area contributed by atoms with E-state index >= 15 is 0 Å². The monoisotopic (exact) mass is 447 g/mol. The minimum atomic E-state index is -3.75. The number of benzene rings is 2. The summed E-state index contributed by atoms with van der Waals surface area (Å²) in [6.07, 6.45) is 3.80. The van der Waals surface area contributed by atoms with Gasteiger partial charge in [0.05, 0.1) is 11.9 Å². The van der Waals surface area contributed by atoms with Gasteiger partial charge in [0, 0.05) is 13.1 Å². The van der Waals surface area contributed by atoms with Crippen LogP contribution >= 0.6 is 0 Å². The van der Waals surface area contributed by atoms with Crippen molar-refractivity contribution in [3.63, 3.8) is 0 Å².